The molecule has 2 aliphatic heterocycles. The molecule has 302 valence electrons. The topological polar surface area (TPSA) is 261 Å². The van der Waals surface area contributed by atoms with Crippen LogP contribution in [-0.4, -0.2) is 97.0 Å². The third-order valence-corrected chi connectivity index (χ3v) is 13.5. The molecule has 57 heavy (non-hydrogen) atoms. The number of nitrogens with zero attached hydrogens (tertiary/aromatic N) is 11. The molecule has 0 radical (unpaired) electrons. The molecular formula is C32H37N13O7S5. The van der Waals surface area contributed by atoms with Crippen molar-refractivity contribution >= 4 is 110 Å². The Balaban J connectivity index is 1.39. The van der Waals surface area contributed by atoms with E-state index in [9.17, 15) is 25.9 Å². The molecule has 4 N–H and O–H groups in total. The zero-order valence-corrected chi connectivity index (χ0v) is 35.0. The number of guanidine groups is 1. The molecule has 4 heterocycles. The second kappa shape index (κ2) is 17.8. The Hall–Kier alpha value is -4.76. The van der Waals surface area contributed by atoms with Crippen molar-refractivity contribution in [1.29, 1.82) is 0 Å². The van der Waals surface area contributed by atoms with Crippen molar-refractivity contribution < 1.29 is 30.7 Å². The van der Waals surface area contributed by atoms with Gasteiger partial charge in [-0.3, -0.25) is 9.11 Å². The Morgan fingerprint density at radius 2 is 1.72 bits per heavy atom. The normalized spacial score (nSPS) is 16.8. The van der Waals surface area contributed by atoms with E-state index in [1.807, 2.05) is 49.9 Å². The summed E-state index contributed by atoms with van der Waals surface area (Å²) >= 11 is 2.70. The van der Waals surface area contributed by atoms with Gasteiger partial charge in [0.05, 0.1) is 23.7 Å². The van der Waals surface area contributed by atoms with Crippen LogP contribution in [0.1, 0.15) is 26.5 Å². The molecule has 0 saturated heterocycles. The molecule has 0 amide bonds. The van der Waals surface area contributed by atoms with Crippen molar-refractivity contribution in [3.8, 4) is 0 Å². The third kappa shape index (κ3) is 10.2. The van der Waals surface area contributed by atoms with Crippen molar-refractivity contribution in [3.05, 3.63) is 54.2 Å². The zero-order valence-electron chi connectivity index (χ0n) is 30.9. The highest BCUT2D eigenvalue weighted by atomic mass is 32.3. The Labute approximate surface area is 340 Å². The number of thioether (sulfide) groups is 1. The number of hydrogen-bond donors (Lipinski definition) is 4. The number of aryl methyl sites for hydroxylation is 1. The Morgan fingerprint density at radius 3 is 2.40 bits per heavy atom. The van der Waals surface area contributed by atoms with Crippen LogP contribution in [0.2, 0.25) is 0 Å². The number of fused-ring (bicyclic) bond motifs is 3. The van der Waals surface area contributed by atoms with Gasteiger partial charge in [0, 0.05) is 42.3 Å². The zero-order chi connectivity index (χ0) is 40.9. The predicted octanol–water partition coefficient (Wildman–Crippen LogP) is 7.20. The molecule has 4 aromatic rings. The summed E-state index contributed by atoms with van der Waals surface area (Å²) in [5, 5.41) is 31.7. The van der Waals surface area contributed by atoms with Crippen LogP contribution in [0.5, 0.6) is 0 Å². The SMILES string of the molecule is C=C1C2=NC(=NC1Nc1cc(N(CC)CC)ccc1N=Nc1sc(S(=O)(=O)O)nc1C)Nc1cc(ccc1N=Nc1nnc(S(=O)(=O)O)s1)N(CC)COCCS2. The highest BCUT2D eigenvalue weighted by molar-refractivity contribution is 8.14. The van der Waals surface area contributed by atoms with Crippen molar-refractivity contribution in [2.24, 2.45) is 30.4 Å². The van der Waals surface area contributed by atoms with Gasteiger partial charge < -0.3 is 25.2 Å². The lowest BCUT2D eigenvalue weighted by Gasteiger charge is -2.26. The average Bonchev–Trinajstić information content (AvgIpc) is 3.81. The molecular weight excluding hydrogens is 839 g/mol. The standard InChI is InChI=1S/C32H37N13O7S5/c1-6-44(7-2)20-9-11-22(38-40-28-19(5)33-31(54-28)56(46,47)48)24(15-20)34-26-18(4)27-37-29(36-26)35-25-16-21(45(8-3)17-52-13-14-53-27)10-12-23(25)39-41-30-42-43-32(55-30)57(49,50)51/h9-12,15-16,26,34H,4,6-8,13-14,17H2,1-3,5H3,(H,35,36)(H,46,47,48)(H,49,50,51). The number of benzene rings is 2. The van der Waals surface area contributed by atoms with Gasteiger partial charge in [-0.1, -0.05) is 29.3 Å². The first-order chi connectivity index (χ1) is 27.2. The molecule has 0 spiro atoms. The summed E-state index contributed by atoms with van der Waals surface area (Å²) < 4.78 is 70.2. The second-order valence-corrected chi connectivity index (χ2v) is 18.2. The van der Waals surface area contributed by atoms with Crippen LogP contribution in [0.4, 0.5) is 44.3 Å². The lowest BCUT2D eigenvalue weighted by Crippen LogP contribution is -2.31. The summed E-state index contributed by atoms with van der Waals surface area (Å²) in [7, 11) is -9.08. The first kappa shape index (κ1) is 41.9. The summed E-state index contributed by atoms with van der Waals surface area (Å²) in [5.74, 6) is 0.779. The number of ether oxygens (including phenoxy) is 1. The lowest BCUT2D eigenvalue weighted by molar-refractivity contribution is 0.150. The molecule has 0 saturated carbocycles. The number of aromatic nitrogens is 3. The molecule has 6 rings (SSSR count). The van der Waals surface area contributed by atoms with E-state index in [-0.39, 0.29) is 21.8 Å². The predicted molar refractivity (Wildman–Crippen MR) is 223 cm³/mol. The number of hydrogen-bond acceptors (Lipinski definition) is 21. The highest BCUT2D eigenvalue weighted by Crippen LogP contribution is 2.38. The highest BCUT2D eigenvalue weighted by Gasteiger charge is 2.26. The van der Waals surface area contributed by atoms with Crippen molar-refractivity contribution in [2.75, 3.05) is 59.2 Å². The number of rotatable bonds is 12. The van der Waals surface area contributed by atoms with E-state index in [0.717, 1.165) is 24.5 Å². The third-order valence-electron chi connectivity index (χ3n) is 8.23. The average molecular weight is 876 g/mol. The van der Waals surface area contributed by atoms with Crippen molar-refractivity contribution in [1.82, 2.24) is 15.2 Å². The number of thiazole rings is 1. The minimum Gasteiger partial charge on any atom is -0.372 e. The fourth-order valence-electron chi connectivity index (χ4n) is 5.34. The van der Waals surface area contributed by atoms with Gasteiger partial charge >= 0.3 is 20.2 Å². The van der Waals surface area contributed by atoms with Crippen LogP contribution in [-0.2, 0) is 25.0 Å². The van der Waals surface area contributed by atoms with Crippen molar-refractivity contribution in [2.45, 2.75) is 42.5 Å². The smallest absolute Gasteiger partial charge is 0.324 e. The van der Waals surface area contributed by atoms with E-state index in [2.05, 4.69) is 57.8 Å². The number of nitrogens with one attached hydrogen (secondary N) is 2. The van der Waals surface area contributed by atoms with Gasteiger partial charge in [0.15, 0.2) is 11.2 Å². The summed E-state index contributed by atoms with van der Waals surface area (Å²) in [6.45, 7) is 14.9. The van der Waals surface area contributed by atoms with Gasteiger partial charge in [0.2, 0.25) is 10.3 Å². The van der Waals surface area contributed by atoms with Crippen LogP contribution in [0, 0.1) is 6.92 Å². The van der Waals surface area contributed by atoms with Crippen LogP contribution in [0.15, 0.2) is 87.7 Å². The van der Waals surface area contributed by atoms with Gasteiger partial charge in [-0.2, -0.15) is 16.8 Å². The van der Waals surface area contributed by atoms with Gasteiger partial charge in [0.1, 0.15) is 23.1 Å². The first-order valence-corrected chi connectivity index (χ1v) is 22.6. The Morgan fingerprint density at radius 1 is 0.982 bits per heavy atom. The summed E-state index contributed by atoms with van der Waals surface area (Å²) in [4.78, 5) is 17.8. The summed E-state index contributed by atoms with van der Waals surface area (Å²) in [5.41, 5.74) is 4.30. The maximum Gasteiger partial charge on any atom is 0.324 e. The molecule has 0 fully saturated rings. The Kier molecular flexibility index (Phi) is 13.1. The quantitative estimate of drug-likeness (QED) is 0.0810. The molecule has 0 aliphatic carbocycles. The molecule has 4 bridgehead atoms. The maximum absolute atomic E-state index is 11.7. The molecule has 2 aromatic heterocycles. The van der Waals surface area contributed by atoms with E-state index in [1.165, 1.54) is 11.8 Å². The number of anilines is 4. The number of aliphatic imine (C=N–C) groups is 2. The minimum absolute atomic E-state index is 0.0938. The van der Waals surface area contributed by atoms with E-state index < -0.39 is 35.1 Å². The van der Waals surface area contributed by atoms with E-state index in [0.29, 0.717) is 81.7 Å². The van der Waals surface area contributed by atoms with Crippen LogP contribution < -0.4 is 20.4 Å². The fourth-order valence-corrected chi connectivity index (χ4v) is 8.90. The monoisotopic (exact) mass is 875 g/mol. The van der Waals surface area contributed by atoms with E-state index in [4.69, 9.17) is 14.7 Å². The molecule has 2 aromatic carbocycles. The van der Waals surface area contributed by atoms with Gasteiger partial charge in [0.25, 0.3) is 9.47 Å². The molecule has 1 atom stereocenters. The van der Waals surface area contributed by atoms with Crippen LogP contribution in [0.25, 0.3) is 0 Å². The number of azo groups is 2. The molecule has 25 heteroatoms. The van der Waals surface area contributed by atoms with Gasteiger partial charge in [-0.05, 0) is 64.1 Å². The maximum atomic E-state index is 11.7. The van der Waals surface area contributed by atoms with Gasteiger partial charge in [-0.15, -0.1) is 42.4 Å². The van der Waals surface area contributed by atoms with Crippen LogP contribution in [0.3, 0.4) is 0 Å². The Bertz CT molecular complexity index is 2500. The van der Waals surface area contributed by atoms with E-state index >= 15 is 0 Å². The lowest BCUT2D eigenvalue weighted by atomic mass is 10.1. The second-order valence-electron chi connectivity index (χ2n) is 12.0. The minimum atomic E-state index is -4.56. The molecule has 2 aliphatic rings. The van der Waals surface area contributed by atoms with E-state index in [1.54, 1.807) is 19.1 Å². The summed E-state index contributed by atoms with van der Waals surface area (Å²) in [6.07, 6.45) is -0.767. The largest absolute Gasteiger partial charge is 0.372 e. The first-order valence-electron chi connectivity index (χ1n) is 17.1. The molecule has 1 unspecified atom stereocenters. The fraction of sp³-hybridized carbons (Fsp3) is 0.344. The summed E-state index contributed by atoms with van der Waals surface area (Å²) in [6, 6.07) is 11.0. The van der Waals surface area contributed by atoms with Gasteiger partial charge in [-0.25, -0.2) is 15.0 Å². The molecule has 20 nitrogen and oxygen atoms in total. The van der Waals surface area contributed by atoms with Crippen molar-refractivity contribution in [3.63, 3.8) is 0 Å². The van der Waals surface area contributed by atoms with Crippen LogP contribution >= 0.6 is 34.4 Å².